The van der Waals surface area contributed by atoms with Gasteiger partial charge in [-0.1, -0.05) is 18.3 Å². The number of nitrogens with one attached hydrogen (secondary N) is 1. The van der Waals surface area contributed by atoms with Gasteiger partial charge in [-0.05, 0) is 31.5 Å². The van der Waals surface area contributed by atoms with Crippen LogP contribution in [0.3, 0.4) is 0 Å². The Kier molecular flexibility index (Phi) is 3.95. The molecule has 0 bridgehead atoms. The fourth-order valence-electron chi connectivity index (χ4n) is 1.09. The van der Waals surface area contributed by atoms with Gasteiger partial charge in [-0.15, -0.1) is 0 Å². The predicted molar refractivity (Wildman–Crippen MR) is 65.7 cm³/mol. The van der Waals surface area contributed by atoms with Crippen LogP contribution in [0.1, 0.15) is 12.5 Å². The van der Waals surface area contributed by atoms with Gasteiger partial charge < -0.3 is 11.1 Å². The lowest BCUT2D eigenvalue weighted by Gasteiger charge is -2.11. The van der Waals surface area contributed by atoms with Gasteiger partial charge in [-0.25, -0.2) is 4.39 Å². The zero-order valence-corrected chi connectivity index (χ0v) is 9.90. The number of hydrogen-bond acceptors (Lipinski definition) is 2. The molecule has 3 N–H and O–H groups in total. The first-order chi connectivity index (χ1) is 7.41. The molecule has 0 aromatic heterocycles. The molecule has 0 radical (unpaired) electrons. The summed E-state index contributed by atoms with van der Waals surface area (Å²) < 4.78 is 13.4. The van der Waals surface area contributed by atoms with Crippen molar-refractivity contribution in [3.63, 3.8) is 0 Å². The van der Waals surface area contributed by atoms with Crippen LogP contribution in [0, 0.1) is 18.7 Å². The van der Waals surface area contributed by atoms with Crippen molar-refractivity contribution in [2.75, 3.05) is 5.32 Å². The Morgan fingerprint density at radius 2 is 2.19 bits per heavy atom. The number of carbonyl (C=O) groups excluding carboxylic acids is 1. The first-order valence-electron chi connectivity index (χ1n) is 4.78. The van der Waals surface area contributed by atoms with Crippen molar-refractivity contribution < 1.29 is 9.18 Å². The molecule has 3 nitrogen and oxygen atoms in total. The van der Waals surface area contributed by atoms with Crippen LogP contribution in [0.25, 0.3) is 0 Å². The minimum absolute atomic E-state index is 0.0880. The van der Waals surface area contributed by atoms with Gasteiger partial charge in [0.25, 0.3) is 0 Å². The molecule has 86 valence electrons. The first kappa shape index (κ1) is 12.6. The van der Waals surface area contributed by atoms with Crippen molar-refractivity contribution in [2.24, 2.45) is 11.7 Å². The Morgan fingerprint density at radius 3 is 2.69 bits per heavy atom. The highest BCUT2D eigenvalue weighted by Crippen LogP contribution is 2.16. The summed E-state index contributed by atoms with van der Waals surface area (Å²) in [5, 5.41) is 2.44. The van der Waals surface area contributed by atoms with Crippen LogP contribution in [0.5, 0.6) is 0 Å². The normalized spacial score (nSPS) is 11.9. The summed E-state index contributed by atoms with van der Waals surface area (Å²) in [7, 11) is 0. The van der Waals surface area contributed by atoms with Gasteiger partial charge in [0, 0.05) is 0 Å². The van der Waals surface area contributed by atoms with Crippen molar-refractivity contribution in [1.29, 1.82) is 0 Å². The van der Waals surface area contributed by atoms with Gasteiger partial charge in [-0.3, -0.25) is 4.79 Å². The Balaban J connectivity index is 2.81. The van der Waals surface area contributed by atoms with E-state index in [0.717, 1.165) is 5.56 Å². The van der Waals surface area contributed by atoms with Crippen molar-refractivity contribution >= 4 is 28.8 Å². The highest BCUT2D eigenvalue weighted by molar-refractivity contribution is 7.80. The van der Waals surface area contributed by atoms with Crippen LogP contribution in [0.15, 0.2) is 18.2 Å². The zero-order valence-electron chi connectivity index (χ0n) is 9.08. The monoisotopic (exact) mass is 240 g/mol. The summed E-state index contributed by atoms with van der Waals surface area (Å²) in [5.41, 5.74) is 6.26. The number of halogens is 1. The maximum Gasteiger partial charge on any atom is 0.234 e. The Bertz CT molecular complexity index is 434. The summed E-state index contributed by atoms with van der Waals surface area (Å²) in [6, 6.07) is 4.57. The smallest absolute Gasteiger partial charge is 0.234 e. The van der Waals surface area contributed by atoms with Gasteiger partial charge >= 0.3 is 0 Å². The number of aryl methyl sites for hydroxylation is 1. The Hall–Kier alpha value is -1.49. The van der Waals surface area contributed by atoms with Crippen LogP contribution >= 0.6 is 12.2 Å². The fourth-order valence-corrected chi connectivity index (χ4v) is 1.20. The second-order valence-corrected chi connectivity index (χ2v) is 4.07. The Labute approximate surface area is 98.8 Å². The van der Waals surface area contributed by atoms with Gasteiger partial charge in [0.2, 0.25) is 5.91 Å². The SMILES string of the molecule is Cc1ccc(NC(=O)C(C)C(N)=S)c(F)c1. The van der Waals surface area contributed by atoms with E-state index in [4.69, 9.17) is 5.73 Å². The minimum atomic E-state index is -0.615. The number of rotatable bonds is 3. The second kappa shape index (κ2) is 5.03. The molecule has 1 unspecified atom stereocenters. The van der Waals surface area contributed by atoms with E-state index in [1.807, 2.05) is 0 Å². The zero-order chi connectivity index (χ0) is 12.3. The molecule has 0 aliphatic rings. The molecule has 1 atom stereocenters. The molecule has 1 rings (SSSR count). The summed E-state index contributed by atoms with van der Waals surface area (Å²) >= 11 is 4.69. The molecule has 1 amide bonds. The quantitative estimate of drug-likeness (QED) is 0.794. The lowest BCUT2D eigenvalue weighted by molar-refractivity contribution is -0.117. The molecule has 1 aromatic rings. The van der Waals surface area contributed by atoms with Gasteiger partial charge in [0.15, 0.2) is 0 Å². The van der Waals surface area contributed by atoms with E-state index in [9.17, 15) is 9.18 Å². The van der Waals surface area contributed by atoms with E-state index in [2.05, 4.69) is 17.5 Å². The standard InChI is InChI=1S/C11H13FN2OS/c1-6-3-4-9(8(12)5-6)14-11(15)7(2)10(13)16/h3-5,7H,1-2H3,(H2,13,16)(H,14,15). The maximum absolute atomic E-state index is 13.4. The number of hydrogen-bond donors (Lipinski definition) is 2. The average Bonchev–Trinajstić information content (AvgIpc) is 2.20. The van der Waals surface area contributed by atoms with E-state index < -0.39 is 17.6 Å². The Morgan fingerprint density at radius 1 is 1.56 bits per heavy atom. The van der Waals surface area contributed by atoms with E-state index >= 15 is 0 Å². The molecule has 1 aromatic carbocycles. The van der Waals surface area contributed by atoms with Gasteiger partial charge in [-0.2, -0.15) is 0 Å². The molecule has 0 aliphatic carbocycles. The number of thiocarbonyl (C=S) groups is 1. The highest BCUT2D eigenvalue weighted by Gasteiger charge is 2.16. The molecule has 0 spiro atoms. The predicted octanol–water partition coefficient (Wildman–Crippen LogP) is 1.99. The van der Waals surface area contributed by atoms with E-state index in [1.165, 1.54) is 12.1 Å². The molecular weight excluding hydrogens is 227 g/mol. The molecule has 0 heterocycles. The molecule has 5 heteroatoms. The van der Waals surface area contributed by atoms with Crippen LogP contribution in [0.2, 0.25) is 0 Å². The van der Waals surface area contributed by atoms with E-state index in [0.29, 0.717) is 0 Å². The van der Waals surface area contributed by atoms with Crippen LogP contribution in [0.4, 0.5) is 10.1 Å². The van der Waals surface area contributed by atoms with Crippen molar-refractivity contribution in [2.45, 2.75) is 13.8 Å². The van der Waals surface area contributed by atoms with E-state index in [1.54, 1.807) is 19.9 Å². The molecule has 0 fully saturated rings. The summed E-state index contributed by atoms with van der Waals surface area (Å²) in [4.78, 5) is 11.6. The van der Waals surface area contributed by atoms with Crippen LogP contribution < -0.4 is 11.1 Å². The topological polar surface area (TPSA) is 55.1 Å². The number of nitrogens with two attached hydrogens (primary N) is 1. The van der Waals surface area contributed by atoms with Crippen LogP contribution in [-0.4, -0.2) is 10.9 Å². The van der Waals surface area contributed by atoms with Crippen molar-refractivity contribution in [1.82, 2.24) is 0 Å². The van der Waals surface area contributed by atoms with E-state index in [-0.39, 0.29) is 10.7 Å². The molecular formula is C11H13FN2OS. The lowest BCUT2D eigenvalue weighted by Crippen LogP contribution is -2.31. The highest BCUT2D eigenvalue weighted by atomic mass is 32.1. The molecule has 16 heavy (non-hydrogen) atoms. The summed E-state index contributed by atoms with van der Waals surface area (Å²) in [5.74, 6) is -1.49. The minimum Gasteiger partial charge on any atom is -0.393 e. The summed E-state index contributed by atoms with van der Waals surface area (Å²) in [6.45, 7) is 3.34. The second-order valence-electron chi connectivity index (χ2n) is 3.60. The number of amides is 1. The maximum atomic E-state index is 13.4. The van der Waals surface area contributed by atoms with Crippen LogP contribution in [-0.2, 0) is 4.79 Å². The van der Waals surface area contributed by atoms with Gasteiger partial charge in [0.05, 0.1) is 16.6 Å². The largest absolute Gasteiger partial charge is 0.393 e. The number of anilines is 1. The fraction of sp³-hybridized carbons (Fsp3) is 0.273. The third-order valence-electron chi connectivity index (χ3n) is 2.20. The lowest BCUT2D eigenvalue weighted by atomic mass is 10.1. The van der Waals surface area contributed by atoms with Gasteiger partial charge in [0.1, 0.15) is 5.82 Å². The average molecular weight is 240 g/mol. The van der Waals surface area contributed by atoms with Crippen molar-refractivity contribution in [3.8, 4) is 0 Å². The third kappa shape index (κ3) is 3.00. The molecule has 0 saturated heterocycles. The number of benzene rings is 1. The van der Waals surface area contributed by atoms with Crippen molar-refractivity contribution in [3.05, 3.63) is 29.6 Å². The molecule has 0 saturated carbocycles. The third-order valence-corrected chi connectivity index (χ3v) is 2.56. The first-order valence-corrected chi connectivity index (χ1v) is 5.19. The summed E-state index contributed by atoms with van der Waals surface area (Å²) in [6.07, 6.45) is 0. The molecule has 0 aliphatic heterocycles. The number of carbonyl (C=O) groups is 1.